The van der Waals surface area contributed by atoms with E-state index in [-0.39, 0.29) is 5.91 Å². The van der Waals surface area contributed by atoms with Crippen LogP contribution >= 0.6 is 11.8 Å². The Morgan fingerprint density at radius 2 is 2.38 bits per heavy atom. The average molecular weight is 239 g/mol. The molecule has 0 N–H and O–H groups in total. The van der Waals surface area contributed by atoms with Gasteiger partial charge in [0.15, 0.2) is 5.16 Å². The van der Waals surface area contributed by atoms with E-state index in [0.717, 1.165) is 37.6 Å². The first-order valence-electron chi connectivity index (χ1n) is 5.73. The maximum Gasteiger partial charge on any atom is 0.233 e. The second-order valence-electron chi connectivity index (χ2n) is 3.93. The van der Waals surface area contributed by atoms with Gasteiger partial charge in [0.1, 0.15) is 0 Å². The Hall–Kier alpha value is -0.970. The first kappa shape index (κ1) is 11.5. The Bertz CT molecular complexity index is 360. The number of hydrogen-bond donors (Lipinski definition) is 0. The molecule has 1 aromatic rings. The number of carbonyl (C=O) groups excluding carboxylic acids is 1. The summed E-state index contributed by atoms with van der Waals surface area (Å²) in [6, 6.07) is 0. The molecule has 0 saturated carbocycles. The van der Waals surface area contributed by atoms with Crippen LogP contribution in [-0.2, 0) is 11.3 Å². The van der Waals surface area contributed by atoms with Crippen LogP contribution in [0.2, 0.25) is 0 Å². The monoisotopic (exact) mass is 239 g/mol. The molecular formula is C11H17N3OS. The van der Waals surface area contributed by atoms with Gasteiger partial charge in [-0.3, -0.25) is 4.79 Å². The number of nitrogens with zero attached hydrogens (tertiary/aromatic N) is 3. The molecule has 88 valence electrons. The van der Waals surface area contributed by atoms with Crippen LogP contribution in [0.5, 0.6) is 0 Å². The van der Waals surface area contributed by atoms with Crippen LogP contribution in [0.3, 0.4) is 0 Å². The van der Waals surface area contributed by atoms with Crippen molar-refractivity contribution in [2.45, 2.75) is 31.5 Å². The summed E-state index contributed by atoms with van der Waals surface area (Å²) in [5.41, 5.74) is 0. The summed E-state index contributed by atoms with van der Waals surface area (Å²) >= 11 is 1.54. The molecule has 1 amide bonds. The summed E-state index contributed by atoms with van der Waals surface area (Å²) in [6.45, 7) is 4.98. The maximum absolute atomic E-state index is 11.7. The van der Waals surface area contributed by atoms with Gasteiger partial charge < -0.3 is 9.47 Å². The first-order valence-corrected chi connectivity index (χ1v) is 6.71. The van der Waals surface area contributed by atoms with E-state index in [1.807, 2.05) is 11.1 Å². The minimum Gasteiger partial charge on any atom is -0.342 e. The molecule has 0 aromatic carbocycles. The highest BCUT2D eigenvalue weighted by Gasteiger charge is 2.20. The SMILES string of the molecule is CCCn1ccnc1SCC(=O)N1CCC1. The maximum atomic E-state index is 11.7. The van der Waals surface area contributed by atoms with Crippen LogP contribution in [0.4, 0.5) is 0 Å². The van der Waals surface area contributed by atoms with Crippen molar-refractivity contribution in [3.63, 3.8) is 0 Å². The fourth-order valence-electron chi connectivity index (χ4n) is 1.63. The molecule has 2 heterocycles. The van der Waals surface area contributed by atoms with Crippen molar-refractivity contribution in [2.75, 3.05) is 18.8 Å². The number of carbonyl (C=O) groups is 1. The molecule has 16 heavy (non-hydrogen) atoms. The molecule has 2 rings (SSSR count). The summed E-state index contributed by atoms with van der Waals surface area (Å²) in [7, 11) is 0. The van der Waals surface area contributed by atoms with Crippen LogP contribution in [0.25, 0.3) is 0 Å². The van der Waals surface area contributed by atoms with Crippen molar-refractivity contribution in [3.05, 3.63) is 12.4 Å². The first-order chi connectivity index (χ1) is 7.81. The minimum atomic E-state index is 0.238. The number of imidazole rings is 1. The van der Waals surface area contributed by atoms with E-state index in [1.54, 1.807) is 6.20 Å². The third-order valence-electron chi connectivity index (χ3n) is 2.68. The number of likely N-dealkylation sites (tertiary alicyclic amines) is 1. The van der Waals surface area contributed by atoms with Gasteiger partial charge in [-0.2, -0.15) is 0 Å². The zero-order valence-electron chi connectivity index (χ0n) is 9.56. The van der Waals surface area contributed by atoms with E-state index in [1.165, 1.54) is 11.8 Å². The quantitative estimate of drug-likeness (QED) is 0.733. The second kappa shape index (κ2) is 5.39. The normalized spacial score (nSPS) is 14.9. The third kappa shape index (κ3) is 2.58. The number of amides is 1. The highest BCUT2D eigenvalue weighted by atomic mass is 32.2. The van der Waals surface area contributed by atoms with Gasteiger partial charge in [-0.15, -0.1) is 0 Å². The molecule has 0 bridgehead atoms. The van der Waals surface area contributed by atoms with E-state index in [9.17, 15) is 4.79 Å². The zero-order chi connectivity index (χ0) is 11.4. The highest BCUT2D eigenvalue weighted by Crippen LogP contribution is 2.18. The Kier molecular flexibility index (Phi) is 3.88. The lowest BCUT2D eigenvalue weighted by Gasteiger charge is -2.30. The molecule has 0 spiro atoms. The van der Waals surface area contributed by atoms with Crippen molar-refractivity contribution in [1.29, 1.82) is 0 Å². The fraction of sp³-hybridized carbons (Fsp3) is 0.636. The summed E-state index contributed by atoms with van der Waals surface area (Å²) in [6.07, 6.45) is 6.01. The number of hydrogen-bond acceptors (Lipinski definition) is 3. The Labute approximate surface area is 100 Å². The Morgan fingerprint density at radius 1 is 1.56 bits per heavy atom. The molecule has 0 radical (unpaired) electrons. The molecule has 5 heteroatoms. The van der Waals surface area contributed by atoms with E-state index in [4.69, 9.17) is 0 Å². The molecule has 4 nitrogen and oxygen atoms in total. The van der Waals surface area contributed by atoms with Gasteiger partial charge >= 0.3 is 0 Å². The van der Waals surface area contributed by atoms with E-state index in [0.29, 0.717) is 5.75 Å². The molecule has 1 saturated heterocycles. The Balaban J connectivity index is 1.83. The van der Waals surface area contributed by atoms with Crippen molar-refractivity contribution in [3.8, 4) is 0 Å². The van der Waals surface area contributed by atoms with Gasteiger partial charge in [-0.05, 0) is 12.8 Å². The topological polar surface area (TPSA) is 38.1 Å². The van der Waals surface area contributed by atoms with Gasteiger partial charge in [0.25, 0.3) is 0 Å². The molecule has 0 atom stereocenters. The molecule has 1 aliphatic heterocycles. The summed E-state index contributed by atoms with van der Waals surface area (Å²) < 4.78 is 2.11. The fourth-order valence-corrected chi connectivity index (χ4v) is 2.52. The van der Waals surface area contributed by atoms with Crippen LogP contribution in [-0.4, -0.2) is 39.2 Å². The lowest BCUT2D eigenvalue weighted by molar-refractivity contribution is -0.131. The van der Waals surface area contributed by atoms with Gasteiger partial charge in [-0.25, -0.2) is 4.98 Å². The number of rotatable bonds is 5. The molecule has 1 fully saturated rings. The Morgan fingerprint density at radius 3 is 3.00 bits per heavy atom. The summed E-state index contributed by atoms with van der Waals surface area (Å²) in [5.74, 6) is 0.753. The summed E-state index contributed by atoms with van der Waals surface area (Å²) in [5, 5.41) is 0.954. The van der Waals surface area contributed by atoms with Crippen molar-refractivity contribution >= 4 is 17.7 Å². The van der Waals surface area contributed by atoms with Crippen LogP contribution in [0.15, 0.2) is 17.6 Å². The smallest absolute Gasteiger partial charge is 0.233 e. The third-order valence-corrected chi connectivity index (χ3v) is 3.66. The van der Waals surface area contributed by atoms with Gasteiger partial charge in [0, 0.05) is 32.0 Å². The van der Waals surface area contributed by atoms with E-state index < -0.39 is 0 Å². The van der Waals surface area contributed by atoms with Crippen LogP contribution < -0.4 is 0 Å². The molecule has 1 aromatic heterocycles. The lowest BCUT2D eigenvalue weighted by Crippen LogP contribution is -2.43. The molecular weight excluding hydrogens is 222 g/mol. The van der Waals surface area contributed by atoms with Crippen molar-refractivity contribution < 1.29 is 4.79 Å². The number of aryl methyl sites for hydroxylation is 1. The summed E-state index contributed by atoms with van der Waals surface area (Å²) in [4.78, 5) is 17.8. The number of thioether (sulfide) groups is 1. The minimum absolute atomic E-state index is 0.238. The largest absolute Gasteiger partial charge is 0.342 e. The number of aromatic nitrogens is 2. The lowest BCUT2D eigenvalue weighted by atomic mass is 10.2. The molecule has 0 unspecified atom stereocenters. The van der Waals surface area contributed by atoms with Crippen LogP contribution in [0, 0.1) is 0 Å². The second-order valence-corrected chi connectivity index (χ2v) is 4.87. The van der Waals surface area contributed by atoms with Crippen molar-refractivity contribution in [1.82, 2.24) is 14.5 Å². The van der Waals surface area contributed by atoms with E-state index in [2.05, 4.69) is 16.5 Å². The average Bonchev–Trinajstić information content (AvgIpc) is 2.60. The molecule has 1 aliphatic rings. The molecule has 0 aliphatic carbocycles. The standard InChI is InChI=1S/C11H17N3OS/c1-2-5-14-8-4-12-11(14)16-9-10(15)13-6-3-7-13/h4,8H,2-3,5-7,9H2,1H3. The van der Waals surface area contributed by atoms with Crippen molar-refractivity contribution in [2.24, 2.45) is 0 Å². The zero-order valence-corrected chi connectivity index (χ0v) is 10.4. The highest BCUT2D eigenvalue weighted by molar-refractivity contribution is 7.99. The van der Waals surface area contributed by atoms with Gasteiger partial charge in [-0.1, -0.05) is 18.7 Å². The predicted octanol–water partition coefficient (Wildman–Crippen LogP) is 1.62. The predicted molar refractivity (Wildman–Crippen MR) is 64.4 cm³/mol. The van der Waals surface area contributed by atoms with Gasteiger partial charge in [0.05, 0.1) is 5.75 Å². The van der Waals surface area contributed by atoms with Gasteiger partial charge in [0.2, 0.25) is 5.91 Å². The van der Waals surface area contributed by atoms with Crippen LogP contribution in [0.1, 0.15) is 19.8 Å². The van der Waals surface area contributed by atoms with E-state index >= 15 is 0 Å².